The topological polar surface area (TPSA) is 50.4 Å². The van der Waals surface area contributed by atoms with Crippen molar-refractivity contribution in [3.63, 3.8) is 0 Å². The summed E-state index contributed by atoms with van der Waals surface area (Å²) >= 11 is 0. The molecule has 1 heterocycles. The van der Waals surface area contributed by atoms with Gasteiger partial charge in [-0.1, -0.05) is 0 Å². The zero-order chi connectivity index (χ0) is 12.9. The van der Waals surface area contributed by atoms with Crippen LogP contribution in [0, 0.1) is 5.92 Å². The molecular formula is C10H17F3N2O2. The maximum Gasteiger partial charge on any atom is 0.389 e. The largest absolute Gasteiger partial charge is 0.389 e. The number of hydrogen-bond donors (Lipinski definition) is 2. The molecule has 7 heteroatoms. The Hall–Kier alpha value is -0.820. The molecule has 1 fully saturated rings. The Morgan fingerprint density at radius 3 is 2.71 bits per heavy atom. The summed E-state index contributed by atoms with van der Waals surface area (Å²) in [6, 6.07) is -0.0578. The van der Waals surface area contributed by atoms with Gasteiger partial charge in [-0.25, -0.2) is 0 Å². The molecule has 1 amide bonds. The Bertz CT molecular complexity index is 258. The number of carbonyl (C=O) groups excluding carboxylic acids is 1. The number of ether oxygens (including phenoxy) is 1. The zero-order valence-electron chi connectivity index (χ0n) is 9.64. The highest BCUT2D eigenvalue weighted by molar-refractivity contribution is 5.79. The van der Waals surface area contributed by atoms with Gasteiger partial charge in [-0.3, -0.25) is 4.79 Å². The number of likely N-dealkylation sites (N-methyl/N-ethyl adjacent to an activating group) is 1. The van der Waals surface area contributed by atoms with Crippen LogP contribution in [0.25, 0.3) is 0 Å². The minimum absolute atomic E-state index is 0.0469. The molecule has 4 nitrogen and oxygen atoms in total. The van der Waals surface area contributed by atoms with Gasteiger partial charge >= 0.3 is 6.18 Å². The van der Waals surface area contributed by atoms with Crippen molar-refractivity contribution >= 4 is 5.91 Å². The Balaban J connectivity index is 2.21. The molecule has 1 saturated heterocycles. The molecule has 0 bridgehead atoms. The Morgan fingerprint density at radius 1 is 1.41 bits per heavy atom. The minimum Gasteiger partial charge on any atom is -0.379 e. The number of alkyl halides is 3. The van der Waals surface area contributed by atoms with E-state index in [1.165, 1.54) is 0 Å². The lowest BCUT2D eigenvalue weighted by Gasteiger charge is -2.16. The van der Waals surface area contributed by atoms with Crippen LogP contribution in [0.15, 0.2) is 0 Å². The molecule has 0 aromatic rings. The van der Waals surface area contributed by atoms with E-state index < -0.39 is 12.6 Å². The standard InChI is InChI=1S/C10H17F3N2O2/c1-14-8-6-17-5-7(8)9(16)15-4-2-3-10(11,12)13/h7-8,14H,2-6H2,1H3,(H,15,16). The van der Waals surface area contributed by atoms with Crippen LogP contribution in [-0.2, 0) is 9.53 Å². The molecule has 0 saturated carbocycles. The second kappa shape index (κ2) is 6.20. The lowest BCUT2D eigenvalue weighted by Crippen LogP contribution is -2.42. The Kier molecular flexibility index (Phi) is 5.20. The number of carbonyl (C=O) groups is 1. The maximum absolute atomic E-state index is 11.9. The summed E-state index contributed by atoms with van der Waals surface area (Å²) in [5, 5.41) is 5.45. The third-order valence-corrected chi connectivity index (χ3v) is 2.72. The first kappa shape index (κ1) is 14.2. The number of amides is 1. The summed E-state index contributed by atoms with van der Waals surface area (Å²) in [7, 11) is 1.73. The van der Waals surface area contributed by atoms with Crippen LogP contribution in [0.1, 0.15) is 12.8 Å². The number of nitrogens with one attached hydrogen (secondary N) is 2. The van der Waals surface area contributed by atoms with Crippen LogP contribution < -0.4 is 10.6 Å². The van der Waals surface area contributed by atoms with Crippen molar-refractivity contribution in [1.82, 2.24) is 10.6 Å². The molecule has 2 unspecified atom stereocenters. The molecule has 0 aromatic heterocycles. The fourth-order valence-corrected chi connectivity index (χ4v) is 1.73. The van der Waals surface area contributed by atoms with Gasteiger partial charge in [0, 0.05) is 19.0 Å². The van der Waals surface area contributed by atoms with Gasteiger partial charge in [-0.15, -0.1) is 0 Å². The van der Waals surface area contributed by atoms with Gasteiger partial charge in [-0.2, -0.15) is 13.2 Å². The first-order chi connectivity index (χ1) is 7.94. The van der Waals surface area contributed by atoms with E-state index in [4.69, 9.17) is 4.74 Å². The number of halogens is 3. The van der Waals surface area contributed by atoms with E-state index in [1.807, 2.05) is 0 Å². The number of hydrogen-bond acceptors (Lipinski definition) is 3. The van der Waals surface area contributed by atoms with Gasteiger partial charge in [0.05, 0.1) is 19.1 Å². The summed E-state index contributed by atoms with van der Waals surface area (Å²) in [5.41, 5.74) is 0. The zero-order valence-corrected chi connectivity index (χ0v) is 9.64. The molecule has 2 N–H and O–H groups in total. The highest BCUT2D eigenvalue weighted by Crippen LogP contribution is 2.20. The van der Waals surface area contributed by atoms with E-state index >= 15 is 0 Å². The van der Waals surface area contributed by atoms with Gasteiger partial charge in [0.25, 0.3) is 0 Å². The van der Waals surface area contributed by atoms with Crippen LogP contribution in [0.5, 0.6) is 0 Å². The normalized spacial score (nSPS) is 24.9. The maximum atomic E-state index is 11.9. The molecule has 0 aliphatic carbocycles. The van der Waals surface area contributed by atoms with E-state index in [0.29, 0.717) is 13.2 Å². The van der Waals surface area contributed by atoms with Crippen molar-refractivity contribution in [3.8, 4) is 0 Å². The number of rotatable bonds is 5. The molecule has 17 heavy (non-hydrogen) atoms. The SMILES string of the molecule is CNC1COCC1C(=O)NCCCC(F)(F)F. The molecule has 0 spiro atoms. The first-order valence-electron chi connectivity index (χ1n) is 5.53. The predicted octanol–water partition coefficient (Wildman–Crippen LogP) is 0.679. The molecule has 1 aliphatic rings. The van der Waals surface area contributed by atoms with Crippen LogP contribution in [-0.4, -0.2) is 44.9 Å². The average Bonchev–Trinajstić information content (AvgIpc) is 2.70. The molecule has 2 atom stereocenters. The predicted molar refractivity (Wildman–Crippen MR) is 55.5 cm³/mol. The molecule has 0 aromatic carbocycles. The molecular weight excluding hydrogens is 237 g/mol. The molecule has 1 aliphatic heterocycles. The Morgan fingerprint density at radius 2 is 2.12 bits per heavy atom. The smallest absolute Gasteiger partial charge is 0.379 e. The second-order valence-electron chi connectivity index (χ2n) is 4.05. The van der Waals surface area contributed by atoms with Crippen molar-refractivity contribution in [2.45, 2.75) is 25.1 Å². The molecule has 1 rings (SSSR count). The summed E-state index contributed by atoms with van der Waals surface area (Å²) in [5.74, 6) is -0.560. The van der Waals surface area contributed by atoms with E-state index in [2.05, 4.69) is 10.6 Å². The summed E-state index contributed by atoms with van der Waals surface area (Å²) < 4.78 is 40.7. The molecule has 0 radical (unpaired) electrons. The van der Waals surface area contributed by atoms with E-state index in [1.54, 1.807) is 7.05 Å². The fraction of sp³-hybridized carbons (Fsp3) is 0.900. The first-order valence-corrected chi connectivity index (χ1v) is 5.53. The third-order valence-electron chi connectivity index (χ3n) is 2.72. The van der Waals surface area contributed by atoms with Gasteiger partial charge in [0.1, 0.15) is 0 Å². The van der Waals surface area contributed by atoms with Crippen LogP contribution in [0.3, 0.4) is 0 Å². The van der Waals surface area contributed by atoms with Crippen LogP contribution >= 0.6 is 0 Å². The highest BCUT2D eigenvalue weighted by atomic mass is 19.4. The highest BCUT2D eigenvalue weighted by Gasteiger charge is 2.33. The summed E-state index contributed by atoms with van der Waals surface area (Å²) in [4.78, 5) is 11.6. The van der Waals surface area contributed by atoms with Crippen LogP contribution in [0.4, 0.5) is 13.2 Å². The van der Waals surface area contributed by atoms with Crippen molar-refractivity contribution in [3.05, 3.63) is 0 Å². The lowest BCUT2D eigenvalue weighted by atomic mass is 10.0. The quantitative estimate of drug-likeness (QED) is 0.709. The van der Waals surface area contributed by atoms with Crippen molar-refractivity contribution in [1.29, 1.82) is 0 Å². The van der Waals surface area contributed by atoms with Crippen molar-refractivity contribution in [2.24, 2.45) is 5.92 Å². The monoisotopic (exact) mass is 254 g/mol. The lowest BCUT2D eigenvalue weighted by molar-refractivity contribution is -0.136. The Labute approximate surface area is 97.9 Å². The van der Waals surface area contributed by atoms with Gasteiger partial charge in [0.2, 0.25) is 5.91 Å². The average molecular weight is 254 g/mol. The van der Waals surface area contributed by atoms with Crippen LogP contribution in [0.2, 0.25) is 0 Å². The van der Waals surface area contributed by atoms with Crippen molar-refractivity contribution < 1.29 is 22.7 Å². The fourth-order valence-electron chi connectivity index (χ4n) is 1.73. The van der Waals surface area contributed by atoms with Crippen molar-refractivity contribution in [2.75, 3.05) is 26.8 Å². The summed E-state index contributed by atoms with van der Waals surface area (Å²) in [6.45, 7) is 0.818. The van der Waals surface area contributed by atoms with Gasteiger partial charge < -0.3 is 15.4 Å². The van der Waals surface area contributed by atoms with E-state index in [0.717, 1.165) is 0 Å². The molecule has 100 valence electrons. The van der Waals surface area contributed by atoms with E-state index in [9.17, 15) is 18.0 Å². The summed E-state index contributed by atoms with van der Waals surface area (Å²) in [6.07, 6.45) is -5.12. The third kappa shape index (κ3) is 4.91. The second-order valence-corrected chi connectivity index (χ2v) is 4.05. The van der Waals surface area contributed by atoms with E-state index in [-0.39, 0.29) is 30.8 Å². The minimum atomic E-state index is -4.16. The van der Waals surface area contributed by atoms with Gasteiger partial charge in [-0.05, 0) is 13.5 Å². The van der Waals surface area contributed by atoms with Gasteiger partial charge in [0.15, 0.2) is 0 Å².